The van der Waals surface area contributed by atoms with Gasteiger partial charge in [-0.1, -0.05) is 22.9 Å². The standard InChI is InChI=1S/C16H26BrNO2/c1-4-9-18-14(8-10-20-5-2)11-13-12-15(19-3)6-7-16(13)17/h6-7,12,14,18H,4-5,8-11H2,1-3H3. The first-order chi connectivity index (χ1) is 9.71. The Morgan fingerprint density at radius 1 is 1.30 bits per heavy atom. The van der Waals surface area contributed by atoms with E-state index in [1.165, 1.54) is 5.56 Å². The van der Waals surface area contributed by atoms with E-state index in [-0.39, 0.29) is 0 Å². The van der Waals surface area contributed by atoms with Gasteiger partial charge in [-0.15, -0.1) is 0 Å². The molecule has 1 aromatic rings. The second-order valence-electron chi connectivity index (χ2n) is 4.80. The Bertz CT molecular complexity index is 385. The summed E-state index contributed by atoms with van der Waals surface area (Å²) in [5.74, 6) is 0.905. The lowest BCUT2D eigenvalue weighted by molar-refractivity contribution is 0.136. The largest absolute Gasteiger partial charge is 0.497 e. The summed E-state index contributed by atoms with van der Waals surface area (Å²) in [5.41, 5.74) is 1.27. The molecule has 0 aliphatic heterocycles. The summed E-state index contributed by atoms with van der Waals surface area (Å²) in [6.07, 6.45) is 3.15. The molecule has 0 heterocycles. The van der Waals surface area contributed by atoms with Gasteiger partial charge in [-0.25, -0.2) is 0 Å². The van der Waals surface area contributed by atoms with Crippen LogP contribution in [0.3, 0.4) is 0 Å². The summed E-state index contributed by atoms with van der Waals surface area (Å²) in [6.45, 7) is 6.85. The van der Waals surface area contributed by atoms with Gasteiger partial charge in [0.2, 0.25) is 0 Å². The fourth-order valence-electron chi connectivity index (χ4n) is 2.09. The minimum Gasteiger partial charge on any atom is -0.497 e. The smallest absolute Gasteiger partial charge is 0.119 e. The average molecular weight is 344 g/mol. The molecule has 1 aromatic carbocycles. The molecule has 0 aliphatic carbocycles. The number of hydrogen-bond acceptors (Lipinski definition) is 3. The van der Waals surface area contributed by atoms with E-state index in [4.69, 9.17) is 9.47 Å². The van der Waals surface area contributed by atoms with Crippen molar-refractivity contribution in [2.24, 2.45) is 0 Å². The third kappa shape index (κ3) is 6.25. The zero-order valence-electron chi connectivity index (χ0n) is 12.7. The monoisotopic (exact) mass is 343 g/mol. The fourth-order valence-corrected chi connectivity index (χ4v) is 2.50. The molecule has 114 valence electrons. The van der Waals surface area contributed by atoms with Crippen molar-refractivity contribution in [2.75, 3.05) is 26.9 Å². The highest BCUT2D eigenvalue weighted by Crippen LogP contribution is 2.24. The predicted octanol–water partition coefficient (Wildman–Crippen LogP) is 3.80. The Morgan fingerprint density at radius 2 is 2.10 bits per heavy atom. The Kier molecular flexibility index (Phi) is 8.90. The maximum Gasteiger partial charge on any atom is 0.119 e. The molecule has 1 unspecified atom stereocenters. The number of benzene rings is 1. The van der Waals surface area contributed by atoms with Crippen LogP contribution < -0.4 is 10.1 Å². The van der Waals surface area contributed by atoms with Gasteiger partial charge < -0.3 is 14.8 Å². The SMILES string of the molecule is CCCNC(CCOCC)Cc1cc(OC)ccc1Br. The summed E-state index contributed by atoms with van der Waals surface area (Å²) in [4.78, 5) is 0. The van der Waals surface area contributed by atoms with Crippen LogP contribution in [0.15, 0.2) is 22.7 Å². The quantitative estimate of drug-likeness (QED) is 0.655. The van der Waals surface area contributed by atoms with Crippen molar-refractivity contribution < 1.29 is 9.47 Å². The molecule has 20 heavy (non-hydrogen) atoms. The van der Waals surface area contributed by atoms with Gasteiger partial charge in [0.15, 0.2) is 0 Å². The normalized spacial score (nSPS) is 12.4. The molecular formula is C16H26BrNO2. The highest BCUT2D eigenvalue weighted by molar-refractivity contribution is 9.10. The Balaban J connectivity index is 2.66. The first kappa shape index (κ1) is 17.5. The van der Waals surface area contributed by atoms with E-state index in [0.29, 0.717) is 6.04 Å². The van der Waals surface area contributed by atoms with E-state index < -0.39 is 0 Å². The van der Waals surface area contributed by atoms with Gasteiger partial charge in [-0.05, 0) is 56.5 Å². The lowest BCUT2D eigenvalue weighted by Crippen LogP contribution is -2.33. The van der Waals surface area contributed by atoms with Crippen LogP contribution in [-0.2, 0) is 11.2 Å². The van der Waals surface area contributed by atoms with Crippen LogP contribution in [0, 0.1) is 0 Å². The van der Waals surface area contributed by atoms with Crippen LogP contribution in [0.25, 0.3) is 0 Å². The number of ether oxygens (including phenoxy) is 2. The third-order valence-electron chi connectivity index (χ3n) is 3.22. The number of rotatable bonds is 10. The molecule has 3 nitrogen and oxygen atoms in total. The molecule has 0 spiro atoms. The van der Waals surface area contributed by atoms with Gasteiger partial charge >= 0.3 is 0 Å². The topological polar surface area (TPSA) is 30.5 Å². The summed E-state index contributed by atoms with van der Waals surface area (Å²) in [5, 5.41) is 3.60. The van der Waals surface area contributed by atoms with Crippen LogP contribution in [-0.4, -0.2) is 32.9 Å². The van der Waals surface area contributed by atoms with E-state index in [1.54, 1.807) is 7.11 Å². The molecule has 0 amide bonds. The lowest BCUT2D eigenvalue weighted by Gasteiger charge is -2.19. The van der Waals surface area contributed by atoms with E-state index in [0.717, 1.165) is 49.2 Å². The average Bonchev–Trinajstić information content (AvgIpc) is 2.46. The third-order valence-corrected chi connectivity index (χ3v) is 3.99. The van der Waals surface area contributed by atoms with Gasteiger partial charge in [0.05, 0.1) is 7.11 Å². The number of hydrogen-bond donors (Lipinski definition) is 1. The summed E-state index contributed by atoms with van der Waals surface area (Å²) >= 11 is 3.62. The van der Waals surface area contributed by atoms with Crippen molar-refractivity contribution in [1.82, 2.24) is 5.32 Å². The predicted molar refractivity (Wildman–Crippen MR) is 87.6 cm³/mol. The first-order valence-corrected chi connectivity index (χ1v) is 8.14. The maximum absolute atomic E-state index is 5.48. The fraction of sp³-hybridized carbons (Fsp3) is 0.625. The molecule has 0 bridgehead atoms. The van der Waals surface area contributed by atoms with Gasteiger partial charge in [0.25, 0.3) is 0 Å². The Labute approximate surface area is 131 Å². The summed E-state index contributed by atoms with van der Waals surface area (Å²) < 4.78 is 11.9. The lowest BCUT2D eigenvalue weighted by atomic mass is 10.0. The van der Waals surface area contributed by atoms with Gasteiger partial charge in [0, 0.05) is 23.7 Å². The molecule has 0 radical (unpaired) electrons. The van der Waals surface area contributed by atoms with Crippen LogP contribution in [0.5, 0.6) is 5.75 Å². The second-order valence-corrected chi connectivity index (χ2v) is 5.65. The molecular weight excluding hydrogens is 318 g/mol. The molecule has 0 aromatic heterocycles. The van der Waals surface area contributed by atoms with Crippen LogP contribution in [0.1, 0.15) is 32.3 Å². The Morgan fingerprint density at radius 3 is 2.75 bits per heavy atom. The molecule has 1 N–H and O–H groups in total. The highest BCUT2D eigenvalue weighted by atomic mass is 79.9. The molecule has 1 atom stereocenters. The highest BCUT2D eigenvalue weighted by Gasteiger charge is 2.12. The summed E-state index contributed by atoms with van der Waals surface area (Å²) in [7, 11) is 1.70. The van der Waals surface area contributed by atoms with Crippen molar-refractivity contribution in [3.8, 4) is 5.75 Å². The minimum atomic E-state index is 0.435. The molecule has 0 fully saturated rings. The van der Waals surface area contributed by atoms with Gasteiger partial charge in [-0.3, -0.25) is 0 Å². The maximum atomic E-state index is 5.48. The number of halogens is 1. The zero-order valence-corrected chi connectivity index (χ0v) is 14.3. The van der Waals surface area contributed by atoms with Crippen LogP contribution >= 0.6 is 15.9 Å². The van der Waals surface area contributed by atoms with Gasteiger partial charge in [0.1, 0.15) is 5.75 Å². The molecule has 1 rings (SSSR count). The number of methoxy groups -OCH3 is 1. The van der Waals surface area contributed by atoms with E-state index in [2.05, 4.69) is 34.2 Å². The molecule has 0 saturated carbocycles. The number of nitrogens with one attached hydrogen (secondary N) is 1. The van der Waals surface area contributed by atoms with Gasteiger partial charge in [-0.2, -0.15) is 0 Å². The molecule has 4 heteroatoms. The van der Waals surface area contributed by atoms with Crippen LogP contribution in [0.2, 0.25) is 0 Å². The zero-order chi connectivity index (χ0) is 14.8. The Hall–Kier alpha value is -0.580. The van der Waals surface area contributed by atoms with Crippen molar-refractivity contribution in [3.63, 3.8) is 0 Å². The van der Waals surface area contributed by atoms with Crippen molar-refractivity contribution >= 4 is 15.9 Å². The van der Waals surface area contributed by atoms with Crippen molar-refractivity contribution in [1.29, 1.82) is 0 Å². The van der Waals surface area contributed by atoms with E-state index >= 15 is 0 Å². The van der Waals surface area contributed by atoms with Crippen molar-refractivity contribution in [3.05, 3.63) is 28.2 Å². The second kappa shape index (κ2) is 10.2. The first-order valence-electron chi connectivity index (χ1n) is 7.34. The minimum absolute atomic E-state index is 0.435. The molecule has 0 aliphatic rings. The summed E-state index contributed by atoms with van der Waals surface area (Å²) in [6, 6.07) is 6.56. The molecule has 0 saturated heterocycles. The van der Waals surface area contributed by atoms with E-state index in [1.807, 2.05) is 19.1 Å². The van der Waals surface area contributed by atoms with Crippen molar-refractivity contribution in [2.45, 2.75) is 39.2 Å². The van der Waals surface area contributed by atoms with E-state index in [9.17, 15) is 0 Å². The van der Waals surface area contributed by atoms with Crippen LogP contribution in [0.4, 0.5) is 0 Å².